The molecule has 2 aliphatic heterocycles. The van der Waals surface area contributed by atoms with Gasteiger partial charge in [0.2, 0.25) is 11.8 Å². The van der Waals surface area contributed by atoms with E-state index >= 15 is 0 Å². The van der Waals surface area contributed by atoms with Gasteiger partial charge in [0.1, 0.15) is 30.8 Å². The van der Waals surface area contributed by atoms with E-state index in [-0.39, 0.29) is 24.3 Å². The van der Waals surface area contributed by atoms with Gasteiger partial charge in [0.25, 0.3) is 0 Å². The minimum absolute atomic E-state index is 0.00950. The monoisotopic (exact) mass is 466 g/mol. The highest BCUT2D eigenvalue weighted by atomic mass is 16.5. The number of aliphatic hydroxyl groups is 1. The van der Waals surface area contributed by atoms with E-state index in [0.29, 0.717) is 44.7 Å². The standard InChI is InChI=1S/C25H30N4O5/c1-16-13-24(32)28-29-25(16)17-5-7-19(8-6-17)33-12-11-26-14-18(30)15-34-22-4-2-3-21-20(22)9-10-23(31)27-21/h2-8,16,18,26,30H,9-15H2,1H3,(H,27,31)(H,28,32). The zero-order valence-corrected chi connectivity index (χ0v) is 19.2. The molecule has 0 fully saturated rings. The highest BCUT2D eigenvalue weighted by molar-refractivity contribution is 6.05. The Balaban J connectivity index is 1.15. The number of hydrogen-bond donors (Lipinski definition) is 4. The number of carbonyl (C=O) groups is 2. The molecule has 2 aromatic rings. The quantitative estimate of drug-likeness (QED) is 0.397. The van der Waals surface area contributed by atoms with E-state index in [2.05, 4.69) is 21.2 Å². The Labute approximate surface area is 198 Å². The van der Waals surface area contributed by atoms with Crippen LogP contribution in [0.1, 0.15) is 30.9 Å². The first-order valence-corrected chi connectivity index (χ1v) is 11.5. The molecule has 9 nitrogen and oxygen atoms in total. The lowest BCUT2D eigenvalue weighted by Gasteiger charge is -2.21. The maximum Gasteiger partial charge on any atom is 0.240 e. The molecule has 0 radical (unpaired) electrons. The summed E-state index contributed by atoms with van der Waals surface area (Å²) in [6.45, 7) is 3.54. The average molecular weight is 467 g/mol. The summed E-state index contributed by atoms with van der Waals surface area (Å²) in [5.74, 6) is 1.46. The van der Waals surface area contributed by atoms with Crippen molar-refractivity contribution in [1.82, 2.24) is 10.7 Å². The van der Waals surface area contributed by atoms with Crippen LogP contribution in [0.3, 0.4) is 0 Å². The van der Waals surface area contributed by atoms with Crippen molar-refractivity contribution in [3.8, 4) is 11.5 Å². The normalized spacial score (nSPS) is 18.3. The number of nitrogens with one attached hydrogen (secondary N) is 3. The Kier molecular flexibility index (Phi) is 7.76. The number of carbonyl (C=O) groups excluding carboxylic acids is 2. The Morgan fingerprint density at radius 1 is 1.12 bits per heavy atom. The van der Waals surface area contributed by atoms with Crippen molar-refractivity contribution in [2.45, 2.75) is 32.3 Å². The Hall–Kier alpha value is -3.43. The Morgan fingerprint density at radius 3 is 2.74 bits per heavy atom. The molecule has 2 amide bonds. The van der Waals surface area contributed by atoms with Crippen LogP contribution < -0.4 is 25.5 Å². The largest absolute Gasteiger partial charge is 0.492 e. The van der Waals surface area contributed by atoms with Crippen molar-refractivity contribution in [2.24, 2.45) is 11.0 Å². The molecule has 180 valence electrons. The second-order valence-corrected chi connectivity index (χ2v) is 8.51. The fourth-order valence-electron chi connectivity index (χ4n) is 4.01. The Bertz CT molecular complexity index is 1050. The topological polar surface area (TPSA) is 121 Å². The van der Waals surface area contributed by atoms with Gasteiger partial charge in [-0.15, -0.1) is 0 Å². The van der Waals surface area contributed by atoms with Gasteiger partial charge in [-0.1, -0.05) is 13.0 Å². The number of aliphatic hydroxyl groups excluding tert-OH is 1. The molecule has 0 aromatic heterocycles. The highest BCUT2D eigenvalue weighted by Gasteiger charge is 2.21. The van der Waals surface area contributed by atoms with Gasteiger partial charge in [-0.05, 0) is 48.4 Å². The molecule has 2 aromatic carbocycles. The smallest absolute Gasteiger partial charge is 0.240 e. The van der Waals surface area contributed by atoms with E-state index in [4.69, 9.17) is 9.47 Å². The molecule has 2 atom stereocenters. The lowest BCUT2D eigenvalue weighted by molar-refractivity contribution is -0.122. The fourth-order valence-corrected chi connectivity index (χ4v) is 4.01. The number of ether oxygens (including phenoxy) is 2. The van der Waals surface area contributed by atoms with Crippen LogP contribution in [0.25, 0.3) is 0 Å². The molecule has 2 aliphatic rings. The summed E-state index contributed by atoms with van der Waals surface area (Å²) in [7, 11) is 0. The van der Waals surface area contributed by atoms with Gasteiger partial charge >= 0.3 is 0 Å². The van der Waals surface area contributed by atoms with Gasteiger partial charge in [-0.2, -0.15) is 5.10 Å². The number of amides is 2. The van der Waals surface area contributed by atoms with E-state index in [1.54, 1.807) is 0 Å². The SMILES string of the molecule is CC1CC(=O)NN=C1c1ccc(OCCNCC(O)COc2cccc3c2CCC(=O)N3)cc1. The van der Waals surface area contributed by atoms with Crippen molar-refractivity contribution in [2.75, 3.05) is 31.6 Å². The van der Waals surface area contributed by atoms with Crippen molar-refractivity contribution >= 4 is 23.2 Å². The third kappa shape index (κ3) is 6.12. The molecule has 34 heavy (non-hydrogen) atoms. The summed E-state index contributed by atoms with van der Waals surface area (Å²) in [5, 5.41) is 20.4. The molecular weight excluding hydrogens is 436 g/mol. The van der Waals surface area contributed by atoms with Gasteiger partial charge < -0.3 is 25.2 Å². The van der Waals surface area contributed by atoms with Crippen LogP contribution in [-0.2, 0) is 16.0 Å². The summed E-state index contributed by atoms with van der Waals surface area (Å²) in [6.07, 6.45) is 0.831. The van der Waals surface area contributed by atoms with Gasteiger partial charge in [-0.3, -0.25) is 9.59 Å². The Morgan fingerprint density at radius 2 is 1.94 bits per heavy atom. The molecule has 0 bridgehead atoms. The van der Waals surface area contributed by atoms with Crippen LogP contribution in [0.5, 0.6) is 11.5 Å². The molecule has 0 saturated carbocycles. The maximum atomic E-state index is 11.5. The number of benzene rings is 2. The minimum Gasteiger partial charge on any atom is -0.492 e. The van der Waals surface area contributed by atoms with Crippen LogP contribution in [0.2, 0.25) is 0 Å². The first-order chi connectivity index (χ1) is 16.5. The van der Waals surface area contributed by atoms with E-state index in [1.165, 1.54) is 0 Å². The van der Waals surface area contributed by atoms with Gasteiger partial charge in [-0.25, -0.2) is 5.43 Å². The third-order valence-electron chi connectivity index (χ3n) is 5.78. The number of rotatable bonds is 10. The first kappa shape index (κ1) is 23.7. The molecule has 0 aliphatic carbocycles. The van der Waals surface area contributed by atoms with Crippen molar-refractivity contribution < 1.29 is 24.2 Å². The predicted molar refractivity (Wildman–Crippen MR) is 128 cm³/mol. The zero-order valence-electron chi connectivity index (χ0n) is 19.2. The molecule has 4 rings (SSSR count). The highest BCUT2D eigenvalue weighted by Crippen LogP contribution is 2.31. The molecular formula is C25H30N4O5. The number of hydrogen-bond acceptors (Lipinski definition) is 7. The first-order valence-electron chi connectivity index (χ1n) is 11.5. The van der Waals surface area contributed by atoms with Crippen LogP contribution in [0.15, 0.2) is 47.6 Å². The maximum absolute atomic E-state index is 11.5. The molecule has 4 N–H and O–H groups in total. The van der Waals surface area contributed by atoms with Crippen LogP contribution in [-0.4, -0.2) is 55.0 Å². The van der Waals surface area contributed by atoms with Crippen LogP contribution in [0.4, 0.5) is 5.69 Å². The lowest BCUT2D eigenvalue weighted by Crippen LogP contribution is -2.34. The second kappa shape index (κ2) is 11.1. The zero-order chi connectivity index (χ0) is 23.9. The van der Waals surface area contributed by atoms with Crippen LogP contribution in [0, 0.1) is 5.92 Å². The minimum atomic E-state index is -0.674. The summed E-state index contributed by atoms with van der Waals surface area (Å²) in [6, 6.07) is 13.2. The fraction of sp³-hybridized carbons (Fsp3) is 0.400. The third-order valence-corrected chi connectivity index (χ3v) is 5.78. The summed E-state index contributed by atoms with van der Waals surface area (Å²) >= 11 is 0. The van der Waals surface area contributed by atoms with E-state index in [9.17, 15) is 14.7 Å². The van der Waals surface area contributed by atoms with E-state index < -0.39 is 6.10 Å². The number of nitrogens with zero attached hydrogens (tertiary/aromatic N) is 1. The number of hydrazone groups is 1. The summed E-state index contributed by atoms with van der Waals surface area (Å²) in [5.41, 5.74) is 6.10. The second-order valence-electron chi connectivity index (χ2n) is 8.51. The van der Waals surface area contributed by atoms with Gasteiger partial charge in [0, 0.05) is 43.1 Å². The van der Waals surface area contributed by atoms with Gasteiger partial charge in [0.05, 0.1) is 5.71 Å². The van der Waals surface area contributed by atoms with Crippen molar-refractivity contribution in [3.63, 3.8) is 0 Å². The van der Waals surface area contributed by atoms with Gasteiger partial charge in [0.15, 0.2) is 0 Å². The molecule has 9 heteroatoms. The average Bonchev–Trinajstić information content (AvgIpc) is 2.83. The molecule has 0 spiro atoms. The lowest BCUT2D eigenvalue weighted by atomic mass is 9.94. The molecule has 2 heterocycles. The molecule has 0 saturated heterocycles. The van der Waals surface area contributed by atoms with E-state index in [0.717, 1.165) is 28.3 Å². The number of fused-ring (bicyclic) bond motifs is 1. The summed E-state index contributed by atoms with van der Waals surface area (Å²) in [4.78, 5) is 22.9. The van der Waals surface area contributed by atoms with Crippen LogP contribution >= 0.6 is 0 Å². The predicted octanol–water partition coefficient (Wildman–Crippen LogP) is 1.84. The number of anilines is 1. The molecule has 2 unspecified atom stereocenters. The van der Waals surface area contributed by atoms with E-state index in [1.807, 2.05) is 49.4 Å². The summed E-state index contributed by atoms with van der Waals surface area (Å²) < 4.78 is 11.6. The van der Waals surface area contributed by atoms with Crippen molar-refractivity contribution in [3.05, 3.63) is 53.6 Å². The van der Waals surface area contributed by atoms with Crippen molar-refractivity contribution in [1.29, 1.82) is 0 Å².